The van der Waals surface area contributed by atoms with Crippen LogP contribution >= 0.6 is 0 Å². The zero-order valence-corrected chi connectivity index (χ0v) is 8.18. The molecule has 0 amide bonds. The van der Waals surface area contributed by atoms with Crippen LogP contribution in [0, 0.1) is 0 Å². The van der Waals surface area contributed by atoms with Gasteiger partial charge in [-0.15, -0.1) is 0 Å². The van der Waals surface area contributed by atoms with Gasteiger partial charge in [-0.25, -0.2) is 13.8 Å². The van der Waals surface area contributed by atoms with Crippen molar-refractivity contribution in [3.8, 4) is 0 Å². The Morgan fingerprint density at radius 1 is 1.08 bits per heavy atom. The maximum Gasteiger partial charge on any atom is 0.359 e. The number of hydrogen-bond acceptors (Lipinski definition) is 5. The van der Waals surface area contributed by atoms with Crippen LogP contribution in [0.2, 0.25) is 0 Å². The lowest BCUT2D eigenvalue weighted by Crippen LogP contribution is -2.28. The quantitative estimate of drug-likeness (QED) is 0.352. The van der Waals surface area contributed by atoms with Gasteiger partial charge in [-0.1, -0.05) is 0 Å². The van der Waals surface area contributed by atoms with E-state index < -0.39 is 16.8 Å². The summed E-state index contributed by atoms with van der Waals surface area (Å²) >= 11 is -0.216. The molecule has 6 heteroatoms. The van der Waals surface area contributed by atoms with Crippen LogP contribution < -0.4 is 0 Å². The molecule has 0 rings (SSSR count). The van der Waals surface area contributed by atoms with Crippen molar-refractivity contribution < 1.29 is 23.3 Å². The molecule has 0 aliphatic carbocycles. The van der Waals surface area contributed by atoms with Crippen molar-refractivity contribution in [3.05, 3.63) is 0 Å². The van der Waals surface area contributed by atoms with Crippen molar-refractivity contribution in [2.45, 2.75) is 13.8 Å². The van der Waals surface area contributed by atoms with Gasteiger partial charge in [0.15, 0.2) is 0 Å². The molecule has 5 nitrogen and oxygen atoms in total. The van der Waals surface area contributed by atoms with Crippen molar-refractivity contribution in [2.75, 3.05) is 13.2 Å². The van der Waals surface area contributed by atoms with Crippen LogP contribution in [0.4, 0.5) is 0 Å². The van der Waals surface area contributed by atoms with Gasteiger partial charge in [0.2, 0.25) is 4.86 Å². The summed E-state index contributed by atoms with van der Waals surface area (Å²) < 4.78 is 19.3. The lowest BCUT2D eigenvalue weighted by Gasteiger charge is -2.01. The Hall–Kier alpha value is -1.17. The molecule has 0 unspecified atom stereocenters. The van der Waals surface area contributed by atoms with Gasteiger partial charge < -0.3 is 9.47 Å². The summed E-state index contributed by atoms with van der Waals surface area (Å²) in [5.74, 6) is -1.86. The first-order valence-corrected chi connectivity index (χ1v) is 4.42. The summed E-state index contributed by atoms with van der Waals surface area (Å²) in [5, 5.41) is 0. The number of carbonyl (C=O) groups is 2. The third kappa shape index (κ3) is 3.84. The summed E-state index contributed by atoms with van der Waals surface area (Å²) in [6, 6.07) is 0. The molecular weight excluding hydrogens is 196 g/mol. The molecule has 0 saturated carbocycles. The zero-order valence-electron chi connectivity index (χ0n) is 7.36. The minimum absolute atomic E-state index is 0.113. The predicted octanol–water partition coefficient (Wildman–Crippen LogP) is -0.502. The topological polar surface area (TPSA) is 69.7 Å². The van der Waals surface area contributed by atoms with Crippen LogP contribution in [0.3, 0.4) is 0 Å². The second kappa shape index (κ2) is 6.36. The largest absolute Gasteiger partial charge is 0.462 e. The van der Waals surface area contributed by atoms with E-state index in [2.05, 4.69) is 9.47 Å². The fraction of sp³-hybridized carbons (Fsp3) is 0.571. The summed E-state index contributed by atoms with van der Waals surface area (Å²) in [4.78, 5) is 21.3. The lowest BCUT2D eigenvalue weighted by atomic mass is 10.4. The molecule has 74 valence electrons. The zero-order chi connectivity index (χ0) is 10.3. The Balaban J connectivity index is 4.44. The van der Waals surface area contributed by atoms with Crippen molar-refractivity contribution in [3.63, 3.8) is 0 Å². The number of carbonyl (C=O) groups excluding carboxylic acids is 2. The van der Waals surface area contributed by atoms with Gasteiger partial charge in [0.25, 0.3) is 0 Å². The molecule has 0 N–H and O–H groups in total. The molecule has 0 fully saturated rings. The van der Waals surface area contributed by atoms with Crippen LogP contribution in [-0.2, 0) is 30.3 Å². The van der Waals surface area contributed by atoms with E-state index in [1.807, 2.05) is 0 Å². The highest BCUT2D eigenvalue weighted by Crippen LogP contribution is 1.87. The van der Waals surface area contributed by atoms with Gasteiger partial charge in [0.1, 0.15) is 11.3 Å². The van der Waals surface area contributed by atoms with Gasteiger partial charge in [-0.3, -0.25) is 0 Å². The second-order valence-electron chi connectivity index (χ2n) is 1.85. The van der Waals surface area contributed by atoms with Gasteiger partial charge in [-0.2, -0.15) is 0 Å². The van der Waals surface area contributed by atoms with Crippen LogP contribution in [0.1, 0.15) is 13.8 Å². The number of hydrogen-bond donors (Lipinski definition) is 0. The van der Waals surface area contributed by atoms with E-state index in [4.69, 9.17) is 0 Å². The molecule has 0 heterocycles. The summed E-state index contributed by atoms with van der Waals surface area (Å²) in [6.45, 7) is 3.39. The molecular formula is C7H10O5S. The van der Waals surface area contributed by atoms with Gasteiger partial charge in [0.05, 0.1) is 13.2 Å². The Kier molecular flexibility index (Phi) is 5.79. The molecule has 13 heavy (non-hydrogen) atoms. The maximum absolute atomic E-state index is 10.9. The van der Waals surface area contributed by atoms with Crippen LogP contribution in [0.25, 0.3) is 0 Å². The van der Waals surface area contributed by atoms with Crippen molar-refractivity contribution in [1.82, 2.24) is 0 Å². The third-order valence-corrected chi connectivity index (χ3v) is 1.50. The van der Waals surface area contributed by atoms with E-state index in [1.54, 1.807) is 13.8 Å². The Bertz CT molecular complexity index is 234. The second-order valence-corrected chi connectivity index (χ2v) is 2.43. The smallest absolute Gasteiger partial charge is 0.359 e. The van der Waals surface area contributed by atoms with Gasteiger partial charge in [0, 0.05) is 0 Å². The summed E-state index contributed by atoms with van der Waals surface area (Å²) in [7, 11) is 0. The third-order valence-electron chi connectivity index (χ3n) is 1.00. The van der Waals surface area contributed by atoms with Crippen LogP contribution in [0.5, 0.6) is 0 Å². The first-order valence-electron chi connectivity index (χ1n) is 3.68. The maximum atomic E-state index is 10.9. The first kappa shape index (κ1) is 11.8. The Labute approximate surface area is 79.1 Å². The SMILES string of the molecule is CCOC(=O)C(=S=O)C(=O)OCC. The van der Waals surface area contributed by atoms with Crippen LogP contribution in [-0.4, -0.2) is 34.2 Å². The standard InChI is InChI=1S/C7H10O5S/c1-3-11-6(8)5(13-10)7(9)12-4-2/h3-4H2,1-2H3. The molecule has 0 aliphatic heterocycles. The molecule has 0 spiro atoms. The molecule has 0 aromatic carbocycles. The highest BCUT2D eigenvalue weighted by molar-refractivity contribution is 7.70. The van der Waals surface area contributed by atoms with Crippen molar-refractivity contribution in [1.29, 1.82) is 0 Å². The fourth-order valence-corrected chi connectivity index (χ4v) is 0.799. The minimum Gasteiger partial charge on any atom is -0.462 e. The molecule has 0 atom stereocenters. The van der Waals surface area contributed by atoms with E-state index in [-0.39, 0.29) is 24.5 Å². The average Bonchev–Trinajstić information content (AvgIpc) is 2.06. The van der Waals surface area contributed by atoms with Gasteiger partial charge >= 0.3 is 11.9 Å². The van der Waals surface area contributed by atoms with E-state index in [0.717, 1.165) is 0 Å². The molecule has 0 aliphatic rings. The highest BCUT2D eigenvalue weighted by Gasteiger charge is 2.22. The molecule has 0 bridgehead atoms. The van der Waals surface area contributed by atoms with E-state index >= 15 is 0 Å². The highest BCUT2D eigenvalue weighted by atomic mass is 32.1. The molecule has 0 aromatic heterocycles. The first-order chi connectivity index (χ1) is 6.17. The van der Waals surface area contributed by atoms with E-state index in [0.29, 0.717) is 0 Å². The summed E-state index contributed by atoms with van der Waals surface area (Å²) in [5.41, 5.74) is 0. The number of ether oxygens (including phenoxy) is 2. The predicted molar refractivity (Wildman–Crippen MR) is 46.4 cm³/mol. The number of esters is 2. The van der Waals surface area contributed by atoms with Crippen molar-refractivity contribution in [2.24, 2.45) is 0 Å². The van der Waals surface area contributed by atoms with Crippen molar-refractivity contribution >= 4 is 28.1 Å². The Morgan fingerprint density at radius 2 is 1.46 bits per heavy atom. The van der Waals surface area contributed by atoms with E-state index in [1.165, 1.54) is 0 Å². The molecule has 0 saturated heterocycles. The summed E-state index contributed by atoms with van der Waals surface area (Å²) in [6.07, 6.45) is 0. The van der Waals surface area contributed by atoms with Crippen LogP contribution in [0.15, 0.2) is 0 Å². The lowest BCUT2D eigenvalue weighted by molar-refractivity contribution is -0.140. The normalized spacial score (nSPS) is 8.77. The Morgan fingerprint density at radius 3 is 1.69 bits per heavy atom. The monoisotopic (exact) mass is 206 g/mol. The fourth-order valence-electron chi connectivity index (χ4n) is 0.545. The number of rotatable bonds is 4. The minimum atomic E-state index is -0.930. The van der Waals surface area contributed by atoms with Gasteiger partial charge in [-0.05, 0) is 13.8 Å². The molecule has 0 radical (unpaired) electrons. The van der Waals surface area contributed by atoms with E-state index in [9.17, 15) is 13.8 Å². The molecule has 0 aromatic rings. The average molecular weight is 206 g/mol.